The minimum absolute atomic E-state index is 0.0120. The smallest absolute Gasteiger partial charge is 0.354 e. The van der Waals surface area contributed by atoms with E-state index in [9.17, 15) is 17.6 Å². The first-order valence-corrected chi connectivity index (χ1v) is 9.91. The molecule has 11 heteroatoms. The van der Waals surface area contributed by atoms with E-state index in [1.165, 1.54) is 24.5 Å². The molecule has 0 fully saturated rings. The van der Waals surface area contributed by atoms with Crippen LogP contribution in [-0.2, 0) is 6.18 Å². The highest BCUT2D eigenvalue weighted by Crippen LogP contribution is 2.31. The lowest BCUT2D eigenvalue weighted by molar-refractivity contribution is -0.137. The van der Waals surface area contributed by atoms with Gasteiger partial charge in [0.15, 0.2) is 11.6 Å². The van der Waals surface area contributed by atoms with Gasteiger partial charge < -0.3 is 10.6 Å². The fourth-order valence-electron chi connectivity index (χ4n) is 2.82. The maximum Gasteiger partial charge on any atom is 0.416 e. The molecule has 0 spiro atoms. The van der Waals surface area contributed by atoms with Crippen LogP contribution in [0.1, 0.15) is 11.3 Å². The van der Waals surface area contributed by atoms with Crippen LogP contribution in [0.5, 0.6) is 0 Å². The van der Waals surface area contributed by atoms with E-state index >= 15 is 0 Å². The molecule has 0 aliphatic rings. The van der Waals surface area contributed by atoms with Gasteiger partial charge in [-0.05, 0) is 42.5 Å². The maximum absolute atomic E-state index is 14.0. The molecule has 0 aliphatic heterocycles. The summed E-state index contributed by atoms with van der Waals surface area (Å²) in [4.78, 5) is 12.1. The second-order valence-corrected chi connectivity index (χ2v) is 6.93. The van der Waals surface area contributed by atoms with Crippen molar-refractivity contribution in [1.82, 2.24) is 15.0 Å². The summed E-state index contributed by atoms with van der Waals surface area (Å²) in [5.74, 6) is -0.565. The van der Waals surface area contributed by atoms with Crippen LogP contribution in [0.15, 0.2) is 84.2 Å². The lowest BCUT2D eigenvalue weighted by Crippen LogP contribution is -2.05. The van der Waals surface area contributed by atoms with Crippen molar-refractivity contribution in [1.29, 1.82) is 0 Å². The SMILES string of the molecule is Fc1cnc(N/N=C/c2ccc(Nc3cccc(C(F)(F)F)c3)cn2)nc1Nc1ccccc1. The summed E-state index contributed by atoms with van der Waals surface area (Å²) in [7, 11) is 0. The van der Waals surface area contributed by atoms with Crippen molar-refractivity contribution in [3.8, 4) is 0 Å². The lowest BCUT2D eigenvalue weighted by Gasteiger charge is -2.10. The van der Waals surface area contributed by atoms with Gasteiger partial charge in [-0.2, -0.15) is 23.3 Å². The van der Waals surface area contributed by atoms with Gasteiger partial charge in [0.05, 0.1) is 35.6 Å². The average Bonchev–Trinajstić information content (AvgIpc) is 2.83. The number of hydrazone groups is 1. The van der Waals surface area contributed by atoms with E-state index in [1.54, 1.807) is 36.4 Å². The summed E-state index contributed by atoms with van der Waals surface area (Å²) in [6, 6.07) is 17.1. The third-order valence-corrected chi connectivity index (χ3v) is 4.41. The van der Waals surface area contributed by atoms with Crippen molar-refractivity contribution >= 4 is 35.0 Å². The molecule has 0 saturated heterocycles. The molecule has 0 aliphatic carbocycles. The highest BCUT2D eigenvalue weighted by atomic mass is 19.4. The van der Waals surface area contributed by atoms with Crippen LogP contribution in [0.2, 0.25) is 0 Å². The molecule has 2 aromatic heterocycles. The van der Waals surface area contributed by atoms with E-state index in [2.05, 4.69) is 36.1 Å². The van der Waals surface area contributed by atoms with Crippen molar-refractivity contribution < 1.29 is 17.6 Å². The largest absolute Gasteiger partial charge is 0.416 e. The number of alkyl halides is 3. The average molecular weight is 467 g/mol. The molecular weight excluding hydrogens is 450 g/mol. The number of hydrogen-bond donors (Lipinski definition) is 3. The monoisotopic (exact) mass is 467 g/mol. The Morgan fingerprint density at radius 2 is 1.59 bits per heavy atom. The van der Waals surface area contributed by atoms with Gasteiger partial charge in [0.1, 0.15) is 0 Å². The minimum atomic E-state index is -4.42. The molecule has 2 heterocycles. The number of anilines is 5. The summed E-state index contributed by atoms with van der Waals surface area (Å²) < 4.78 is 52.5. The molecule has 0 saturated carbocycles. The topological polar surface area (TPSA) is 87.1 Å². The molecule has 0 radical (unpaired) electrons. The van der Waals surface area contributed by atoms with Crippen LogP contribution < -0.4 is 16.1 Å². The molecule has 3 N–H and O–H groups in total. The van der Waals surface area contributed by atoms with Gasteiger partial charge >= 0.3 is 6.18 Å². The van der Waals surface area contributed by atoms with Crippen LogP contribution in [0.25, 0.3) is 0 Å². The zero-order chi connectivity index (χ0) is 24.0. The van der Waals surface area contributed by atoms with E-state index in [-0.39, 0.29) is 17.5 Å². The molecule has 7 nitrogen and oxygen atoms in total. The van der Waals surface area contributed by atoms with Crippen molar-refractivity contribution in [3.05, 3.63) is 96.2 Å². The first kappa shape index (κ1) is 22.6. The maximum atomic E-state index is 14.0. The van der Waals surface area contributed by atoms with Crippen LogP contribution in [0, 0.1) is 5.82 Å². The van der Waals surface area contributed by atoms with E-state index in [4.69, 9.17) is 0 Å². The second kappa shape index (κ2) is 9.94. The molecule has 0 unspecified atom stereocenters. The molecule has 0 atom stereocenters. The number of rotatable bonds is 7. The number of pyridine rings is 1. The molecule has 34 heavy (non-hydrogen) atoms. The van der Waals surface area contributed by atoms with Gasteiger partial charge in [-0.25, -0.2) is 14.8 Å². The van der Waals surface area contributed by atoms with Gasteiger partial charge in [0.2, 0.25) is 5.95 Å². The Balaban J connectivity index is 1.37. The van der Waals surface area contributed by atoms with Gasteiger partial charge in [-0.1, -0.05) is 24.3 Å². The number of aromatic nitrogens is 3. The predicted molar refractivity (Wildman–Crippen MR) is 122 cm³/mol. The molecular formula is C23H17F4N7. The van der Waals surface area contributed by atoms with Crippen molar-refractivity contribution in [2.75, 3.05) is 16.1 Å². The van der Waals surface area contributed by atoms with Crippen LogP contribution >= 0.6 is 0 Å². The Morgan fingerprint density at radius 1 is 0.794 bits per heavy atom. The van der Waals surface area contributed by atoms with Crippen molar-refractivity contribution in [2.24, 2.45) is 5.10 Å². The number of para-hydroxylation sites is 1. The summed E-state index contributed by atoms with van der Waals surface area (Å²) in [5.41, 5.74) is 3.77. The molecule has 0 bridgehead atoms. The number of nitrogens with zero attached hydrogens (tertiary/aromatic N) is 4. The quantitative estimate of drug-likeness (QED) is 0.177. The van der Waals surface area contributed by atoms with E-state index < -0.39 is 17.6 Å². The zero-order valence-corrected chi connectivity index (χ0v) is 17.4. The Hall–Kier alpha value is -4.54. The normalized spacial score (nSPS) is 11.4. The van der Waals surface area contributed by atoms with E-state index in [0.29, 0.717) is 17.1 Å². The molecule has 4 rings (SSSR count). The Kier molecular flexibility index (Phi) is 6.62. The summed E-state index contributed by atoms with van der Waals surface area (Å²) in [6.45, 7) is 0. The summed E-state index contributed by atoms with van der Waals surface area (Å²) >= 11 is 0. The number of nitrogens with one attached hydrogen (secondary N) is 3. The minimum Gasteiger partial charge on any atom is -0.354 e. The second-order valence-electron chi connectivity index (χ2n) is 6.93. The standard InChI is InChI=1S/C23H17F4N7/c24-20-14-29-22(33-21(20)32-16-6-2-1-3-7-16)34-30-13-18-9-10-19(12-28-18)31-17-8-4-5-15(11-17)23(25,26)27/h1-14,31H,(H2,29,32,33,34)/b30-13+. The first-order chi connectivity index (χ1) is 16.4. The van der Waals surface area contributed by atoms with Gasteiger partial charge in [0, 0.05) is 11.4 Å². The number of hydrogen-bond acceptors (Lipinski definition) is 7. The Labute approximate surface area is 191 Å². The lowest BCUT2D eigenvalue weighted by atomic mass is 10.2. The fourth-order valence-corrected chi connectivity index (χ4v) is 2.82. The Morgan fingerprint density at radius 3 is 2.32 bits per heavy atom. The number of benzene rings is 2. The fraction of sp³-hybridized carbons (Fsp3) is 0.0435. The van der Waals surface area contributed by atoms with Gasteiger partial charge in [0.25, 0.3) is 0 Å². The van der Waals surface area contributed by atoms with Gasteiger partial charge in [-0.3, -0.25) is 4.98 Å². The van der Waals surface area contributed by atoms with Crippen molar-refractivity contribution in [2.45, 2.75) is 6.18 Å². The molecule has 2 aromatic carbocycles. The third-order valence-electron chi connectivity index (χ3n) is 4.41. The summed E-state index contributed by atoms with van der Waals surface area (Å²) in [6.07, 6.45) is -0.554. The molecule has 0 amide bonds. The third kappa shape index (κ3) is 6.03. The predicted octanol–water partition coefficient (Wildman–Crippen LogP) is 5.96. The van der Waals surface area contributed by atoms with Gasteiger partial charge in [-0.15, -0.1) is 0 Å². The van der Waals surface area contributed by atoms with Crippen molar-refractivity contribution in [3.63, 3.8) is 0 Å². The summed E-state index contributed by atoms with van der Waals surface area (Å²) in [5, 5.41) is 9.71. The highest BCUT2D eigenvalue weighted by Gasteiger charge is 2.30. The zero-order valence-electron chi connectivity index (χ0n) is 17.4. The molecule has 172 valence electrons. The highest BCUT2D eigenvalue weighted by molar-refractivity contribution is 5.78. The molecule has 4 aromatic rings. The number of halogens is 4. The van der Waals surface area contributed by atoms with Crippen LogP contribution in [-0.4, -0.2) is 21.2 Å². The van der Waals surface area contributed by atoms with Crippen LogP contribution in [0.3, 0.4) is 0 Å². The first-order valence-electron chi connectivity index (χ1n) is 9.91. The van der Waals surface area contributed by atoms with E-state index in [0.717, 1.165) is 18.3 Å². The Bertz CT molecular complexity index is 1280. The van der Waals surface area contributed by atoms with Crippen LogP contribution in [0.4, 0.5) is 46.4 Å². The van der Waals surface area contributed by atoms with E-state index in [1.807, 2.05) is 6.07 Å².